The lowest BCUT2D eigenvalue weighted by atomic mass is 10.1. The third-order valence-corrected chi connectivity index (χ3v) is 2.12. The van der Waals surface area contributed by atoms with E-state index < -0.39 is 0 Å². The molecule has 0 radical (unpaired) electrons. The summed E-state index contributed by atoms with van der Waals surface area (Å²) in [5.41, 5.74) is 12.1. The molecule has 0 aliphatic rings. The summed E-state index contributed by atoms with van der Waals surface area (Å²) in [4.78, 5) is 17.9. The van der Waals surface area contributed by atoms with E-state index in [9.17, 15) is 4.79 Å². The number of anilines is 1. The van der Waals surface area contributed by atoms with E-state index in [1.165, 1.54) is 0 Å². The molecule has 1 aromatic rings. The van der Waals surface area contributed by atoms with Gasteiger partial charge in [-0.3, -0.25) is 9.78 Å². The zero-order valence-electron chi connectivity index (χ0n) is 8.34. The molecule has 5 heteroatoms. The number of aromatic nitrogens is 2. The van der Waals surface area contributed by atoms with Gasteiger partial charge in [-0.1, -0.05) is 0 Å². The monoisotopic (exact) mass is 196 g/mol. The van der Waals surface area contributed by atoms with Gasteiger partial charge in [0.1, 0.15) is 0 Å². The number of aromatic amines is 1. The number of aryl methyl sites for hydroxylation is 1. The molecular weight excluding hydrogens is 180 g/mol. The van der Waals surface area contributed by atoms with E-state index in [0.29, 0.717) is 24.2 Å². The van der Waals surface area contributed by atoms with E-state index in [2.05, 4.69) is 9.97 Å². The number of unbranched alkanes of at least 4 members (excludes halogenated alkanes) is 1. The average molecular weight is 196 g/mol. The fourth-order valence-electron chi connectivity index (χ4n) is 1.37. The molecule has 0 aliphatic carbocycles. The molecule has 0 unspecified atom stereocenters. The standard InChI is InChI=1S/C9H16N4O/c1-6-7(4-2-3-5-10)8(14)13-9(11)12-6/h2-5,10H2,1H3,(H3,11,12,13,14). The topological polar surface area (TPSA) is 97.8 Å². The molecule has 0 aromatic carbocycles. The Labute approximate surface area is 82.5 Å². The van der Waals surface area contributed by atoms with Crippen molar-refractivity contribution in [3.63, 3.8) is 0 Å². The van der Waals surface area contributed by atoms with Crippen LogP contribution < -0.4 is 17.0 Å². The Bertz CT molecular complexity index is 358. The molecule has 14 heavy (non-hydrogen) atoms. The molecule has 0 saturated heterocycles. The normalized spacial score (nSPS) is 10.4. The van der Waals surface area contributed by atoms with Crippen molar-refractivity contribution in [2.75, 3.05) is 12.3 Å². The zero-order chi connectivity index (χ0) is 10.6. The largest absolute Gasteiger partial charge is 0.369 e. The van der Waals surface area contributed by atoms with Gasteiger partial charge >= 0.3 is 0 Å². The molecule has 5 N–H and O–H groups in total. The molecular formula is C9H16N4O. The van der Waals surface area contributed by atoms with Crippen LogP contribution in [0, 0.1) is 6.92 Å². The van der Waals surface area contributed by atoms with Crippen LogP contribution >= 0.6 is 0 Å². The maximum Gasteiger partial charge on any atom is 0.255 e. The molecule has 0 aliphatic heterocycles. The first kappa shape index (κ1) is 10.7. The highest BCUT2D eigenvalue weighted by molar-refractivity contribution is 5.24. The Kier molecular flexibility index (Phi) is 3.64. The Balaban J connectivity index is 2.81. The third-order valence-electron chi connectivity index (χ3n) is 2.12. The molecule has 1 heterocycles. The van der Waals surface area contributed by atoms with Crippen LogP contribution in [0.5, 0.6) is 0 Å². The summed E-state index contributed by atoms with van der Waals surface area (Å²) >= 11 is 0. The van der Waals surface area contributed by atoms with Gasteiger partial charge in [0.25, 0.3) is 5.56 Å². The van der Waals surface area contributed by atoms with Crippen LogP contribution in [0.25, 0.3) is 0 Å². The van der Waals surface area contributed by atoms with E-state index in [1.54, 1.807) is 6.92 Å². The van der Waals surface area contributed by atoms with E-state index in [-0.39, 0.29) is 11.5 Å². The van der Waals surface area contributed by atoms with Crippen LogP contribution in [0.4, 0.5) is 5.95 Å². The number of nitrogen functional groups attached to an aromatic ring is 1. The number of nitrogens with two attached hydrogens (primary N) is 2. The summed E-state index contributed by atoms with van der Waals surface area (Å²) in [6.45, 7) is 2.45. The predicted octanol–water partition coefficient (Wildman–Crippen LogP) is -0.0581. The fraction of sp³-hybridized carbons (Fsp3) is 0.556. The minimum Gasteiger partial charge on any atom is -0.369 e. The van der Waals surface area contributed by atoms with Gasteiger partial charge in [0.15, 0.2) is 0 Å². The van der Waals surface area contributed by atoms with Crippen molar-refractivity contribution in [2.45, 2.75) is 26.2 Å². The van der Waals surface area contributed by atoms with Crippen LogP contribution in [0.1, 0.15) is 24.1 Å². The molecule has 5 nitrogen and oxygen atoms in total. The number of hydrogen-bond donors (Lipinski definition) is 3. The highest BCUT2D eigenvalue weighted by atomic mass is 16.1. The molecule has 1 rings (SSSR count). The van der Waals surface area contributed by atoms with Crippen molar-refractivity contribution >= 4 is 5.95 Å². The average Bonchev–Trinajstić information content (AvgIpc) is 2.09. The van der Waals surface area contributed by atoms with Crippen LogP contribution in [-0.2, 0) is 6.42 Å². The van der Waals surface area contributed by atoms with E-state index in [1.807, 2.05) is 0 Å². The summed E-state index contributed by atoms with van der Waals surface area (Å²) in [5.74, 6) is 0.176. The van der Waals surface area contributed by atoms with Crippen molar-refractivity contribution in [2.24, 2.45) is 5.73 Å². The number of nitrogens with zero attached hydrogens (tertiary/aromatic N) is 1. The third kappa shape index (κ3) is 2.56. The smallest absolute Gasteiger partial charge is 0.255 e. The van der Waals surface area contributed by atoms with Gasteiger partial charge in [-0.15, -0.1) is 0 Å². The van der Waals surface area contributed by atoms with Gasteiger partial charge in [0, 0.05) is 11.3 Å². The first-order valence-electron chi connectivity index (χ1n) is 4.70. The molecule has 78 valence electrons. The van der Waals surface area contributed by atoms with Crippen molar-refractivity contribution < 1.29 is 0 Å². The molecule has 1 aromatic heterocycles. The van der Waals surface area contributed by atoms with Gasteiger partial charge in [-0.2, -0.15) is 0 Å². The fourth-order valence-corrected chi connectivity index (χ4v) is 1.37. The SMILES string of the molecule is Cc1nc(N)[nH]c(=O)c1CCCCN. The number of H-pyrrole nitrogens is 1. The van der Waals surface area contributed by atoms with E-state index >= 15 is 0 Å². The predicted molar refractivity (Wildman–Crippen MR) is 56.0 cm³/mol. The second kappa shape index (κ2) is 4.76. The quantitative estimate of drug-likeness (QED) is 0.588. The minimum atomic E-state index is -0.132. The lowest BCUT2D eigenvalue weighted by Gasteiger charge is -2.03. The first-order chi connectivity index (χ1) is 6.65. The lowest BCUT2D eigenvalue weighted by Crippen LogP contribution is -2.18. The summed E-state index contributed by atoms with van der Waals surface area (Å²) in [5, 5.41) is 0. The first-order valence-corrected chi connectivity index (χ1v) is 4.70. The van der Waals surface area contributed by atoms with Crippen molar-refractivity contribution in [3.05, 3.63) is 21.6 Å². The summed E-state index contributed by atoms with van der Waals surface area (Å²) in [6.07, 6.45) is 2.54. The Morgan fingerprint density at radius 3 is 2.71 bits per heavy atom. The lowest BCUT2D eigenvalue weighted by molar-refractivity contribution is 0.732. The summed E-state index contributed by atoms with van der Waals surface area (Å²) in [7, 11) is 0. The maximum absolute atomic E-state index is 11.4. The highest BCUT2D eigenvalue weighted by Gasteiger charge is 2.05. The molecule has 0 fully saturated rings. The zero-order valence-corrected chi connectivity index (χ0v) is 8.34. The van der Waals surface area contributed by atoms with Crippen molar-refractivity contribution in [1.29, 1.82) is 0 Å². The van der Waals surface area contributed by atoms with Gasteiger partial charge in [0.05, 0.1) is 0 Å². The molecule has 0 atom stereocenters. The van der Waals surface area contributed by atoms with Gasteiger partial charge in [-0.25, -0.2) is 4.98 Å². The molecule has 0 bridgehead atoms. The van der Waals surface area contributed by atoms with Gasteiger partial charge in [-0.05, 0) is 32.7 Å². The minimum absolute atomic E-state index is 0.132. The van der Waals surface area contributed by atoms with Gasteiger partial charge in [0.2, 0.25) is 5.95 Å². The highest BCUT2D eigenvalue weighted by Crippen LogP contribution is 2.04. The van der Waals surface area contributed by atoms with Crippen LogP contribution in [0.15, 0.2) is 4.79 Å². The van der Waals surface area contributed by atoms with E-state index in [0.717, 1.165) is 12.8 Å². The number of hydrogen-bond acceptors (Lipinski definition) is 4. The molecule has 0 spiro atoms. The van der Waals surface area contributed by atoms with Crippen LogP contribution in [0.2, 0.25) is 0 Å². The number of nitrogens with one attached hydrogen (secondary N) is 1. The van der Waals surface area contributed by atoms with Gasteiger partial charge < -0.3 is 11.5 Å². The Morgan fingerprint density at radius 2 is 2.14 bits per heavy atom. The second-order valence-electron chi connectivity index (χ2n) is 3.26. The Hall–Kier alpha value is -1.36. The molecule has 0 amide bonds. The number of rotatable bonds is 4. The van der Waals surface area contributed by atoms with Crippen molar-refractivity contribution in [1.82, 2.24) is 9.97 Å². The summed E-state index contributed by atoms with van der Waals surface area (Å²) in [6, 6.07) is 0. The maximum atomic E-state index is 11.4. The van der Waals surface area contributed by atoms with E-state index in [4.69, 9.17) is 11.5 Å². The summed E-state index contributed by atoms with van der Waals surface area (Å²) < 4.78 is 0. The molecule has 0 saturated carbocycles. The van der Waals surface area contributed by atoms with Crippen LogP contribution in [0.3, 0.4) is 0 Å². The van der Waals surface area contributed by atoms with Crippen molar-refractivity contribution in [3.8, 4) is 0 Å². The Morgan fingerprint density at radius 1 is 1.43 bits per heavy atom. The van der Waals surface area contributed by atoms with Crippen LogP contribution in [-0.4, -0.2) is 16.5 Å². The second-order valence-corrected chi connectivity index (χ2v) is 3.26.